The van der Waals surface area contributed by atoms with Gasteiger partial charge in [0.1, 0.15) is 17.1 Å². The van der Waals surface area contributed by atoms with Gasteiger partial charge < -0.3 is 15.0 Å². The minimum absolute atomic E-state index is 0.0656. The quantitative estimate of drug-likeness (QED) is 0.363. The molecule has 4 aromatic rings. The van der Waals surface area contributed by atoms with Crippen molar-refractivity contribution < 1.29 is 9.53 Å². The van der Waals surface area contributed by atoms with E-state index in [4.69, 9.17) is 9.72 Å². The maximum absolute atomic E-state index is 12.4. The summed E-state index contributed by atoms with van der Waals surface area (Å²) in [5.41, 5.74) is 4.08. The lowest BCUT2D eigenvalue weighted by Gasteiger charge is -2.33. The van der Waals surface area contributed by atoms with Gasteiger partial charge in [-0.25, -0.2) is 4.98 Å². The highest BCUT2D eigenvalue weighted by Crippen LogP contribution is 2.29. The summed E-state index contributed by atoms with van der Waals surface area (Å²) >= 11 is 0. The first-order chi connectivity index (χ1) is 17.1. The molecule has 0 saturated carbocycles. The Morgan fingerprint density at radius 2 is 1.77 bits per heavy atom. The molecule has 0 atom stereocenters. The van der Waals surface area contributed by atoms with E-state index in [9.17, 15) is 4.79 Å². The Bertz CT molecular complexity index is 1300. The smallest absolute Gasteiger partial charge is 0.262 e. The zero-order valence-corrected chi connectivity index (χ0v) is 20.1. The van der Waals surface area contributed by atoms with Crippen molar-refractivity contribution in [2.24, 2.45) is 5.92 Å². The molecule has 1 aromatic heterocycles. The van der Waals surface area contributed by atoms with Crippen LogP contribution in [0, 0.1) is 12.8 Å². The van der Waals surface area contributed by atoms with Crippen LogP contribution in [0.4, 0.5) is 11.5 Å². The number of nitrogens with one attached hydrogen (secondary N) is 1. The fourth-order valence-corrected chi connectivity index (χ4v) is 4.78. The van der Waals surface area contributed by atoms with Crippen LogP contribution >= 0.6 is 0 Å². The number of aromatic nitrogens is 1. The Labute approximate surface area is 206 Å². The summed E-state index contributed by atoms with van der Waals surface area (Å²) in [4.78, 5) is 19.8. The lowest BCUT2D eigenvalue weighted by Crippen LogP contribution is -2.34. The van der Waals surface area contributed by atoms with E-state index in [1.54, 1.807) is 0 Å². The van der Waals surface area contributed by atoms with Gasteiger partial charge in [-0.2, -0.15) is 0 Å². The summed E-state index contributed by atoms with van der Waals surface area (Å²) in [5, 5.41) is 3.90. The van der Waals surface area contributed by atoms with E-state index in [-0.39, 0.29) is 12.5 Å². The Morgan fingerprint density at radius 1 is 0.971 bits per heavy atom. The van der Waals surface area contributed by atoms with Gasteiger partial charge >= 0.3 is 0 Å². The van der Waals surface area contributed by atoms with Crippen LogP contribution in [0.15, 0.2) is 84.9 Å². The van der Waals surface area contributed by atoms with Crippen molar-refractivity contribution in [1.82, 2.24) is 4.98 Å². The van der Waals surface area contributed by atoms with Gasteiger partial charge in [0.2, 0.25) is 0 Å². The molecule has 5 heteroatoms. The first-order valence-electron chi connectivity index (χ1n) is 12.3. The molecule has 1 N–H and O–H groups in total. The molecule has 0 unspecified atom stereocenters. The summed E-state index contributed by atoms with van der Waals surface area (Å²) in [6.07, 6.45) is 3.46. The zero-order valence-electron chi connectivity index (χ0n) is 20.1. The summed E-state index contributed by atoms with van der Waals surface area (Å²) in [5.74, 6) is 2.11. The number of aryl methyl sites for hydroxylation is 1. The molecule has 1 saturated heterocycles. The Hall–Kier alpha value is -3.86. The highest BCUT2D eigenvalue weighted by molar-refractivity contribution is 5.92. The largest absolute Gasteiger partial charge is 0.481 e. The van der Waals surface area contributed by atoms with Crippen molar-refractivity contribution in [3.05, 3.63) is 96.1 Å². The molecule has 5 rings (SSSR count). The number of carbonyl (C=O) groups excluding carboxylic acids is 1. The van der Waals surface area contributed by atoms with Crippen molar-refractivity contribution in [3.8, 4) is 5.75 Å². The highest BCUT2D eigenvalue weighted by Gasteiger charge is 2.21. The number of para-hydroxylation sites is 1. The number of hydrogen-bond acceptors (Lipinski definition) is 4. The van der Waals surface area contributed by atoms with E-state index in [0.717, 1.165) is 60.3 Å². The number of anilines is 2. The van der Waals surface area contributed by atoms with Gasteiger partial charge in [-0.1, -0.05) is 54.6 Å². The Kier molecular flexibility index (Phi) is 6.94. The molecule has 0 aliphatic carbocycles. The second-order valence-electron chi connectivity index (χ2n) is 9.32. The van der Waals surface area contributed by atoms with E-state index in [1.165, 1.54) is 5.56 Å². The van der Waals surface area contributed by atoms with Crippen molar-refractivity contribution in [3.63, 3.8) is 0 Å². The van der Waals surface area contributed by atoms with Gasteiger partial charge in [0, 0.05) is 24.2 Å². The Morgan fingerprint density at radius 3 is 2.57 bits per heavy atom. The molecule has 35 heavy (non-hydrogen) atoms. The average Bonchev–Trinajstić information content (AvgIpc) is 2.88. The molecule has 0 radical (unpaired) electrons. The van der Waals surface area contributed by atoms with Crippen molar-refractivity contribution >= 4 is 28.3 Å². The zero-order chi connectivity index (χ0) is 24.0. The van der Waals surface area contributed by atoms with Crippen LogP contribution in [-0.2, 0) is 11.2 Å². The fourth-order valence-electron chi connectivity index (χ4n) is 4.78. The van der Waals surface area contributed by atoms with Crippen molar-refractivity contribution in [2.75, 3.05) is 29.9 Å². The van der Waals surface area contributed by atoms with Crippen LogP contribution in [-0.4, -0.2) is 30.6 Å². The molecular weight excluding hydrogens is 434 g/mol. The van der Waals surface area contributed by atoms with E-state index in [1.807, 2.05) is 49.4 Å². The minimum atomic E-state index is -0.191. The maximum atomic E-state index is 12.4. The molecule has 178 valence electrons. The molecular formula is C30H31N3O2. The molecule has 5 nitrogen and oxygen atoms in total. The third-order valence-corrected chi connectivity index (χ3v) is 6.63. The summed E-state index contributed by atoms with van der Waals surface area (Å²) in [7, 11) is 0. The number of rotatable bonds is 7. The van der Waals surface area contributed by atoms with Gasteiger partial charge in [0.25, 0.3) is 5.91 Å². The van der Waals surface area contributed by atoms with Crippen LogP contribution in [0.5, 0.6) is 5.75 Å². The molecule has 1 amide bonds. The van der Waals surface area contributed by atoms with Crippen molar-refractivity contribution in [1.29, 1.82) is 0 Å². The van der Waals surface area contributed by atoms with Gasteiger partial charge in [0.15, 0.2) is 6.61 Å². The maximum Gasteiger partial charge on any atom is 0.262 e. The summed E-state index contributed by atoms with van der Waals surface area (Å²) in [6.45, 7) is 3.93. The second kappa shape index (κ2) is 10.6. The average molecular weight is 466 g/mol. The normalized spacial score (nSPS) is 14.1. The van der Waals surface area contributed by atoms with E-state index < -0.39 is 0 Å². The van der Waals surface area contributed by atoms with Crippen LogP contribution in [0.1, 0.15) is 24.0 Å². The number of benzene rings is 3. The third-order valence-electron chi connectivity index (χ3n) is 6.63. The molecule has 1 aliphatic rings. The molecule has 2 heterocycles. The molecule has 0 bridgehead atoms. The standard InChI is InChI=1S/C30H31N3O2/c1-22-7-5-11-26(19-22)31-29(34)21-35-27-12-6-10-25-13-14-28(32-30(25)27)33-17-15-24(16-18-33)20-23-8-3-2-4-9-23/h2-14,19,24H,15-18,20-21H2,1H3,(H,31,34). The van der Waals surface area contributed by atoms with Gasteiger partial charge in [0.05, 0.1) is 0 Å². The molecule has 0 spiro atoms. The number of amides is 1. The number of pyridine rings is 1. The van der Waals surface area contributed by atoms with Crippen LogP contribution in [0.2, 0.25) is 0 Å². The number of carbonyl (C=O) groups is 1. The number of ether oxygens (including phenoxy) is 1. The highest BCUT2D eigenvalue weighted by atomic mass is 16.5. The second-order valence-corrected chi connectivity index (χ2v) is 9.32. The summed E-state index contributed by atoms with van der Waals surface area (Å²) in [6, 6.07) is 28.5. The summed E-state index contributed by atoms with van der Waals surface area (Å²) < 4.78 is 5.92. The predicted octanol–water partition coefficient (Wildman–Crippen LogP) is 6.02. The Balaban J connectivity index is 1.23. The van der Waals surface area contributed by atoms with E-state index >= 15 is 0 Å². The van der Waals surface area contributed by atoms with E-state index in [2.05, 4.69) is 52.7 Å². The lowest BCUT2D eigenvalue weighted by molar-refractivity contribution is -0.118. The SMILES string of the molecule is Cc1cccc(NC(=O)COc2cccc3ccc(N4CCC(Cc5ccccc5)CC4)nc23)c1. The molecule has 3 aromatic carbocycles. The predicted molar refractivity (Wildman–Crippen MR) is 142 cm³/mol. The van der Waals surface area contributed by atoms with Crippen molar-refractivity contribution in [2.45, 2.75) is 26.2 Å². The first-order valence-corrected chi connectivity index (χ1v) is 12.3. The van der Waals surface area contributed by atoms with E-state index in [0.29, 0.717) is 11.7 Å². The fraction of sp³-hybridized carbons (Fsp3) is 0.267. The number of fused-ring (bicyclic) bond motifs is 1. The van der Waals surface area contributed by atoms with Crippen LogP contribution < -0.4 is 15.0 Å². The van der Waals surface area contributed by atoms with Crippen LogP contribution in [0.25, 0.3) is 10.9 Å². The molecule has 1 aliphatic heterocycles. The number of hydrogen-bond donors (Lipinski definition) is 1. The van der Waals surface area contributed by atoms with Gasteiger partial charge in [-0.05, 0) is 73.6 Å². The number of piperidine rings is 1. The number of nitrogens with zero attached hydrogens (tertiary/aromatic N) is 2. The topological polar surface area (TPSA) is 54.5 Å². The lowest BCUT2D eigenvalue weighted by atomic mass is 9.90. The minimum Gasteiger partial charge on any atom is -0.481 e. The first kappa shape index (κ1) is 22.9. The monoisotopic (exact) mass is 465 g/mol. The third kappa shape index (κ3) is 5.80. The van der Waals surface area contributed by atoms with Crippen LogP contribution in [0.3, 0.4) is 0 Å². The van der Waals surface area contributed by atoms with Gasteiger partial charge in [-0.15, -0.1) is 0 Å². The van der Waals surface area contributed by atoms with Gasteiger partial charge in [-0.3, -0.25) is 4.79 Å². The molecule has 1 fully saturated rings.